The summed E-state index contributed by atoms with van der Waals surface area (Å²) in [6, 6.07) is 6.29. The first kappa shape index (κ1) is 14.3. The molecule has 2 aromatic carbocycles. The topological polar surface area (TPSA) is 69.6 Å². The Labute approximate surface area is 131 Å². The van der Waals surface area contributed by atoms with Crippen molar-refractivity contribution < 1.29 is 15.0 Å². The van der Waals surface area contributed by atoms with Gasteiger partial charge in [-0.2, -0.15) is 0 Å². The molecular weight excluding hydrogens is 313 g/mol. The maximum Gasteiger partial charge on any atom is 0.335 e. The van der Waals surface area contributed by atoms with Gasteiger partial charge in [0.15, 0.2) is 0 Å². The largest absolute Gasteiger partial charge is 0.507 e. The molecule has 0 saturated heterocycles. The fraction of sp³-hybridized carbons (Fsp3) is 0.267. The molecule has 6 heteroatoms. The van der Waals surface area contributed by atoms with Gasteiger partial charge in [0.05, 0.1) is 5.56 Å². The van der Waals surface area contributed by atoms with Crippen LogP contribution < -0.4 is 5.32 Å². The first-order valence-corrected chi connectivity index (χ1v) is 7.48. The summed E-state index contributed by atoms with van der Waals surface area (Å²) in [7, 11) is 0. The fourth-order valence-electron chi connectivity index (χ4n) is 2.87. The number of carboxylic acids is 1. The van der Waals surface area contributed by atoms with Gasteiger partial charge >= 0.3 is 5.97 Å². The molecule has 3 N–H and O–H groups in total. The molecule has 1 heterocycles. The van der Waals surface area contributed by atoms with Crippen molar-refractivity contribution in [3.8, 4) is 5.75 Å². The van der Waals surface area contributed by atoms with Gasteiger partial charge in [0.2, 0.25) is 0 Å². The molecule has 0 spiro atoms. The summed E-state index contributed by atoms with van der Waals surface area (Å²) in [5.41, 5.74) is 1.33. The van der Waals surface area contributed by atoms with Crippen LogP contribution in [0.4, 0.5) is 5.69 Å². The van der Waals surface area contributed by atoms with E-state index >= 15 is 0 Å². The van der Waals surface area contributed by atoms with Crippen LogP contribution >= 0.6 is 23.2 Å². The van der Waals surface area contributed by atoms with Crippen LogP contribution in [0.2, 0.25) is 0 Å². The number of carboxylic acid groups (broad SMARTS) is 1. The Morgan fingerprint density at radius 2 is 1.95 bits per heavy atom. The lowest BCUT2D eigenvalue weighted by Crippen LogP contribution is -2.32. The van der Waals surface area contributed by atoms with Crippen LogP contribution in [0.3, 0.4) is 0 Å². The van der Waals surface area contributed by atoms with Gasteiger partial charge in [-0.15, -0.1) is 23.2 Å². The molecule has 0 radical (unpaired) electrons. The second-order valence-electron chi connectivity index (χ2n) is 5.28. The third-order valence-electron chi connectivity index (χ3n) is 4.02. The maximum absolute atomic E-state index is 11.2. The van der Waals surface area contributed by atoms with Crippen LogP contribution in [0, 0.1) is 0 Å². The summed E-state index contributed by atoms with van der Waals surface area (Å²) in [5.74, 6) is -0.281. The summed E-state index contributed by atoms with van der Waals surface area (Å²) in [4.78, 5) is 11.2. The molecule has 4 nitrogen and oxygen atoms in total. The number of phenols is 1. The van der Waals surface area contributed by atoms with E-state index in [0.29, 0.717) is 29.1 Å². The Kier molecular flexibility index (Phi) is 3.38. The molecular formula is C15H13Cl2NO3. The highest BCUT2D eigenvalue weighted by Gasteiger charge is 2.39. The normalized spacial score (nSPS) is 15.7. The molecule has 0 aromatic heterocycles. The van der Waals surface area contributed by atoms with Crippen molar-refractivity contribution in [3.63, 3.8) is 0 Å². The fourth-order valence-corrected chi connectivity index (χ4v) is 3.61. The van der Waals surface area contributed by atoms with E-state index in [9.17, 15) is 15.0 Å². The highest BCUT2D eigenvalue weighted by Crippen LogP contribution is 2.46. The first-order chi connectivity index (χ1) is 10.0. The standard InChI is InChI=1S/C15H13Cl2NO3/c16-5-15(6-17)7-18-11-4-12(19)9-2-1-8(14(20)21)3-10(9)13(11)15/h1-4,18-19H,5-7H2,(H,20,21). The molecule has 0 amide bonds. The molecule has 0 saturated carbocycles. The monoisotopic (exact) mass is 325 g/mol. The van der Waals surface area contributed by atoms with E-state index < -0.39 is 11.4 Å². The van der Waals surface area contributed by atoms with E-state index in [1.165, 1.54) is 6.07 Å². The minimum atomic E-state index is -1.01. The van der Waals surface area contributed by atoms with Crippen LogP contribution in [-0.4, -0.2) is 34.5 Å². The lowest BCUT2D eigenvalue weighted by Gasteiger charge is -2.25. The van der Waals surface area contributed by atoms with Crippen molar-refractivity contribution in [3.05, 3.63) is 35.4 Å². The van der Waals surface area contributed by atoms with Crippen LogP contribution in [0.25, 0.3) is 10.8 Å². The number of carbonyl (C=O) groups is 1. The number of fused-ring (bicyclic) bond motifs is 3. The quantitative estimate of drug-likeness (QED) is 0.756. The number of anilines is 1. The summed E-state index contributed by atoms with van der Waals surface area (Å²) >= 11 is 12.3. The van der Waals surface area contributed by atoms with Gasteiger partial charge in [0.1, 0.15) is 5.75 Å². The number of rotatable bonds is 3. The number of phenolic OH excluding ortho intramolecular Hbond substituents is 1. The Morgan fingerprint density at radius 1 is 1.24 bits per heavy atom. The average Bonchev–Trinajstić information content (AvgIpc) is 2.86. The Bertz CT molecular complexity index is 741. The maximum atomic E-state index is 11.2. The number of hydrogen-bond donors (Lipinski definition) is 3. The number of aromatic carboxylic acids is 1. The smallest absolute Gasteiger partial charge is 0.335 e. The van der Waals surface area contributed by atoms with Crippen LogP contribution in [-0.2, 0) is 5.41 Å². The van der Waals surface area contributed by atoms with E-state index in [1.54, 1.807) is 18.2 Å². The van der Waals surface area contributed by atoms with Crippen LogP contribution in [0.5, 0.6) is 5.75 Å². The van der Waals surface area contributed by atoms with Crippen molar-refractivity contribution in [1.29, 1.82) is 0 Å². The van der Waals surface area contributed by atoms with Gasteiger partial charge in [-0.1, -0.05) is 0 Å². The molecule has 21 heavy (non-hydrogen) atoms. The SMILES string of the molecule is O=C(O)c1ccc2c(O)cc3c(c2c1)C(CCl)(CCl)CN3. The predicted molar refractivity (Wildman–Crippen MR) is 84.2 cm³/mol. The predicted octanol–water partition coefficient (Wildman–Crippen LogP) is 3.38. The van der Waals surface area contributed by atoms with Crippen molar-refractivity contribution in [2.45, 2.75) is 5.41 Å². The van der Waals surface area contributed by atoms with E-state index in [4.69, 9.17) is 23.2 Å². The molecule has 2 aromatic rings. The van der Waals surface area contributed by atoms with Gasteiger partial charge in [0, 0.05) is 40.9 Å². The molecule has 110 valence electrons. The summed E-state index contributed by atoms with van der Waals surface area (Å²) < 4.78 is 0. The van der Waals surface area contributed by atoms with Crippen molar-refractivity contribution in [1.82, 2.24) is 0 Å². The molecule has 1 aliphatic rings. The summed E-state index contributed by atoms with van der Waals surface area (Å²) in [6.07, 6.45) is 0. The number of halogens is 2. The molecule has 0 aliphatic carbocycles. The Morgan fingerprint density at radius 3 is 2.57 bits per heavy atom. The molecule has 0 fully saturated rings. The zero-order valence-electron chi connectivity index (χ0n) is 11.0. The van der Waals surface area contributed by atoms with Crippen LogP contribution in [0.15, 0.2) is 24.3 Å². The average molecular weight is 326 g/mol. The van der Waals surface area contributed by atoms with E-state index in [1.807, 2.05) is 0 Å². The minimum Gasteiger partial charge on any atom is -0.507 e. The third-order valence-corrected chi connectivity index (χ3v) is 5.04. The highest BCUT2D eigenvalue weighted by atomic mass is 35.5. The summed E-state index contributed by atoms with van der Waals surface area (Å²) in [5, 5.41) is 23.8. The van der Waals surface area contributed by atoms with E-state index in [2.05, 4.69) is 5.32 Å². The Hall–Kier alpha value is -1.65. The van der Waals surface area contributed by atoms with Crippen molar-refractivity contribution >= 4 is 45.6 Å². The molecule has 0 bridgehead atoms. The van der Waals surface area contributed by atoms with Crippen molar-refractivity contribution in [2.75, 3.05) is 23.6 Å². The number of hydrogen-bond acceptors (Lipinski definition) is 3. The summed E-state index contributed by atoms with van der Waals surface area (Å²) in [6.45, 7) is 0.561. The molecule has 3 rings (SSSR count). The number of benzene rings is 2. The van der Waals surface area contributed by atoms with E-state index in [-0.39, 0.29) is 11.3 Å². The van der Waals surface area contributed by atoms with Gasteiger partial charge in [0.25, 0.3) is 0 Å². The minimum absolute atomic E-state index is 0.105. The van der Waals surface area contributed by atoms with Gasteiger partial charge < -0.3 is 15.5 Å². The molecule has 0 unspecified atom stereocenters. The zero-order valence-corrected chi connectivity index (χ0v) is 12.5. The third kappa shape index (κ3) is 2.01. The number of nitrogens with one attached hydrogen (secondary N) is 1. The highest BCUT2D eigenvalue weighted by molar-refractivity contribution is 6.23. The second kappa shape index (κ2) is 4.97. The Balaban J connectivity index is 2.39. The molecule has 0 atom stereocenters. The first-order valence-electron chi connectivity index (χ1n) is 6.42. The van der Waals surface area contributed by atoms with Crippen molar-refractivity contribution in [2.24, 2.45) is 0 Å². The number of aromatic hydroxyl groups is 1. The lowest BCUT2D eigenvalue weighted by molar-refractivity contribution is 0.0697. The second-order valence-corrected chi connectivity index (χ2v) is 5.82. The number of alkyl halides is 2. The lowest BCUT2D eigenvalue weighted by atomic mass is 9.82. The van der Waals surface area contributed by atoms with Gasteiger partial charge in [-0.05, 0) is 29.1 Å². The van der Waals surface area contributed by atoms with Gasteiger partial charge in [-0.3, -0.25) is 0 Å². The van der Waals surface area contributed by atoms with E-state index in [0.717, 1.165) is 11.3 Å². The zero-order chi connectivity index (χ0) is 15.2. The van der Waals surface area contributed by atoms with Gasteiger partial charge in [-0.25, -0.2) is 4.79 Å². The molecule has 1 aliphatic heterocycles. The van der Waals surface area contributed by atoms with Crippen LogP contribution in [0.1, 0.15) is 15.9 Å².